The Bertz CT molecular complexity index is 185. The van der Waals surface area contributed by atoms with Crippen LogP contribution in [0.2, 0.25) is 0 Å². The van der Waals surface area contributed by atoms with Gasteiger partial charge in [-0.2, -0.15) is 0 Å². The molecule has 0 atom stereocenters. The molecule has 0 bridgehead atoms. The van der Waals surface area contributed by atoms with Crippen LogP contribution in [0.5, 0.6) is 0 Å². The first-order valence-corrected chi connectivity index (χ1v) is 7.71. The highest BCUT2D eigenvalue weighted by molar-refractivity contribution is 4.67. The number of rotatable bonds is 6. The fraction of sp³-hybridized carbons (Fsp3) is 1.00. The lowest BCUT2D eigenvalue weighted by atomic mass is 10.4. The molecule has 0 unspecified atom stereocenters. The van der Waals surface area contributed by atoms with Crippen molar-refractivity contribution in [3.05, 3.63) is 0 Å². The van der Waals surface area contributed by atoms with Crippen LogP contribution in [-0.2, 0) is 9.47 Å². The van der Waals surface area contributed by atoms with Crippen LogP contribution in [0.3, 0.4) is 0 Å². The van der Waals surface area contributed by atoms with Crippen LogP contribution < -0.4 is 10.6 Å². The summed E-state index contributed by atoms with van der Waals surface area (Å²) < 4.78 is 9.96. The fourth-order valence-electron chi connectivity index (χ4n) is 2.31. The van der Waals surface area contributed by atoms with Gasteiger partial charge in [-0.25, -0.2) is 0 Å². The maximum atomic E-state index is 4.98. The van der Waals surface area contributed by atoms with Crippen molar-refractivity contribution in [3.8, 4) is 0 Å². The average Bonchev–Trinajstić information content (AvgIpc) is 2.53. The summed E-state index contributed by atoms with van der Waals surface area (Å²) >= 11 is 0. The van der Waals surface area contributed by atoms with Gasteiger partial charge in [0.2, 0.25) is 0 Å². The quantitative estimate of drug-likeness (QED) is 0.659. The number of methoxy groups -OCH3 is 2. The van der Waals surface area contributed by atoms with E-state index in [2.05, 4.69) is 20.4 Å². The van der Waals surface area contributed by atoms with E-state index < -0.39 is 0 Å². The highest BCUT2D eigenvalue weighted by Gasteiger charge is 2.08. The van der Waals surface area contributed by atoms with E-state index in [1.165, 1.54) is 26.2 Å². The van der Waals surface area contributed by atoms with E-state index in [1.807, 2.05) is 0 Å². The van der Waals surface area contributed by atoms with Gasteiger partial charge in [0.15, 0.2) is 0 Å². The fourth-order valence-corrected chi connectivity index (χ4v) is 2.31. The molecule has 2 aliphatic rings. The number of hydrogen-bond donors (Lipinski definition) is 2. The van der Waals surface area contributed by atoms with Gasteiger partial charge in [0, 0.05) is 79.7 Å². The lowest BCUT2D eigenvalue weighted by Gasteiger charge is -2.26. The smallest absolute Gasteiger partial charge is 0.0589 e. The minimum Gasteiger partial charge on any atom is -0.383 e. The second-order valence-electron chi connectivity index (χ2n) is 5.17. The highest BCUT2D eigenvalue weighted by Crippen LogP contribution is 1.91. The molecule has 0 aromatic carbocycles. The predicted molar refractivity (Wildman–Crippen MR) is 82.4 cm³/mol. The van der Waals surface area contributed by atoms with Crippen LogP contribution in [-0.4, -0.2) is 103 Å². The van der Waals surface area contributed by atoms with Crippen LogP contribution in [0.25, 0.3) is 0 Å². The summed E-state index contributed by atoms with van der Waals surface area (Å²) in [6.45, 7) is 13.1. The molecule has 0 aromatic heterocycles. The standard InChI is InChI=1S/2C7H16N2O/c2*1-10-7-6-9-4-2-8-3-5-9/h2*8H,2-7H2,1H3. The lowest BCUT2D eigenvalue weighted by Crippen LogP contribution is -2.44. The first-order valence-electron chi connectivity index (χ1n) is 7.71. The summed E-state index contributed by atoms with van der Waals surface area (Å²) in [7, 11) is 3.50. The molecule has 0 spiro atoms. The van der Waals surface area contributed by atoms with Crippen LogP contribution >= 0.6 is 0 Å². The molecule has 2 heterocycles. The maximum absolute atomic E-state index is 4.98. The van der Waals surface area contributed by atoms with Gasteiger partial charge in [-0.3, -0.25) is 9.80 Å². The zero-order valence-corrected chi connectivity index (χ0v) is 13.2. The SMILES string of the molecule is COCCN1CCNCC1.COCCN1CCNCC1. The van der Waals surface area contributed by atoms with Gasteiger partial charge in [-0.05, 0) is 0 Å². The molecular formula is C14H32N4O2. The Labute approximate surface area is 123 Å². The summed E-state index contributed by atoms with van der Waals surface area (Å²) in [6, 6.07) is 0. The highest BCUT2D eigenvalue weighted by atomic mass is 16.5. The normalized spacial score (nSPS) is 21.3. The number of piperazine rings is 2. The van der Waals surface area contributed by atoms with Crippen molar-refractivity contribution < 1.29 is 9.47 Å². The monoisotopic (exact) mass is 288 g/mol. The van der Waals surface area contributed by atoms with Gasteiger partial charge in [-0.1, -0.05) is 0 Å². The third-order valence-electron chi connectivity index (χ3n) is 3.64. The second kappa shape index (κ2) is 12.5. The van der Waals surface area contributed by atoms with Crippen LogP contribution in [0.15, 0.2) is 0 Å². The third-order valence-corrected chi connectivity index (χ3v) is 3.64. The molecular weight excluding hydrogens is 256 g/mol. The van der Waals surface area contributed by atoms with Gasteiger partial charge in [0.1, 0.15) is 0 Å². The second-order valence-corrected chi connectivity index (χ2v) is 5.17. The summed E-state index contributed by atoms with van der Waals surface area (Å²) in [5, 5.41) is 6.62. The van der Waals surface area contributed by atoms with Crippen molar-refractivity contribution in [2.24, 2.45) is 0 Å². The van der Waals surface area contributed by atoms with E-state index in [0.29, 0.717) is 0 Å². The molecule has 2 N–H and O–H groups in total. The Hall–Kier alpha value is -0.240. The minimum atomic E-state index is 0.861. The summed E-state index contributed by atoms with van der Waals surface area (Å²) in [6.07, 6.45) is 0. The number of ether oxygens (including phenoxy) is 2. The van der Waals surface area contributed by atoms with Crippen molar-refractivity contribution in [3.63, 3.8) is 0 Å². The molecule has 0 saturated carbocycles. The molecule has 120 valence electrons. The average molecular weight is 288 g/mol. The van der Waals surface area contributed by atoms with Gasteiger partial charge in [-0.15, -0.1) is 0 Å². The zero-order valence-electron chi connectivity index (χ0n) is 13.2. The summed E-state index contributed by atoms with van der Waals surface area (Å²) in [4.78, 5) is 4.83. The van der Waals surface area contributed by atoms with Crippen molar-refractivity contribution in [2.45, 2.75) is 0 Å². The molecule has 6 nitrogen and oxygen atoms in total. The minimum absolute atomic E-state index is 0.861. The number of hydrogen-bond acceptors (Lipinski definition) is 6. The van der Waals surface area contributed by atoms with Crippen LogP contribution in [0.4, 0.5) is 0 Å². The third kappa shape index (κ3) is 8.84. The van der Waals surface area contributed by atoms with E-state index >= 15 is 0 Å². The van der Waals surface area contributed by atoms with Gasteiger partial charge in [0.05, 0.1) is 13.2 Å². The molecule has 0 aliphatic carbocycles. The Morgan fingerprint density at radius 3 is 1.35 bits per heavy atom. The van der Waals surface area contributed by atoms with Crippen molar-refractivity contribution in [1.82, 2.24) is 20.4 Å². The van der Waals surface area contributed by atoms with Crippen LogP contribution in [0.1, 0.15) is 0 Å². The molecule has 0 aromatic rings. The largest absolute Gasteiger partial charge is 0.383 e. The van der Waals surface area contributed by atoms with Gasteiger partial charge in [0.25, 0.3) is 0 Å². The van der Waals surface area contributed by atoms with E-state index in [0.717, 1.165) is 52.5 Å². The first-order chi connectivity index (χ1) is 9.86. The van der Waals surface area contributed by atoms with E-state index in [-0.39, 0.29) is 0 Å². The lowest BCUT2D eigenvalue weighted by molar-refractivity contribution is 0.139. The molecule has 2 fully saturated rings. The van der Waals surface area contributed by atoms with Crippen molar-refractivity contribution in [1.29, 1.82) is 0 Å². The Morgan fingerprint density at radius 1 is 0.700 bits per heavy atom. The Kier molecular flexibility index (Phi) is 11.1. The van der Waals surface area contributed by atoms with E-state index in [4.69, 9.17) is 9.47 Å². The molecule has 2 saturated heterocycles. The zero-order chi connectivity index (χ0) is 14.5. The summed E-state index contributed by atoms with van der Waals surface area (Å²) in [5.41, 5.74) is 0. The van der Waals surface area contributed by atoms with Gasteiger partial charge >= 0.3 is 0 Å². The van der Waals surface area contributed by atoms with Crippen molar-refractivity contribution >= 4 is 0 Å². The molecule has 0 radical (unpaired) electrons. The first kappa shape index (κ1) is 17.8. The topological polar surface area (TPSA) is 49.0 Å². The molecule has 6 heteroatoms. The molecule has 2 rings (SSSR count). The van der Waals surface area contributed by atoms with Crippen LogP contribution in [0, 0.1) is 0 Å². The number of nitrogens with one attached hydrogen (secondary N) is 2. The molecule has 20 heavy (non-hydrogen) atoms. The molecule has 0 amide bonds. The van der Waals surface area contributed by atoms with Crippen molar-refractivity contribution in [2.75, 3.05) is 92.9 Å². The van der Waals surface area contributed by atoms with E-state index in [1.54, 1.807) is 14.2 Å². The van der Waals surface area contributed by atoms with E-state index in [9.17, 15) is 0 Å². The predicted octanol–water partition coefficient (Wildman–Crippen LogP) is -0.924. The summed E-state index contributed by atoms with van der Waals surface area (Å²) in [5.74, 6) is 0. The Morgan fingerprint density at radius 2 is 1.05 bits per heavy atom. The maximum Gasteiger partial charge on any atom is 0.0589 e. The Balaban J connectivity index is 0.000000200. The molecule has 2 aliphatic heterocycles. The van der Waals surface area contributed by atoms with Gasteiger partial charge < -0.3 is 20.1 Å². The number of nitrogens with zero attached hydrogens (tertiary/aromatic N) is 2.